The minimum absolute atomic E-state index is 0.938. The Morgan fingerprint density at radius 3 is 1.71 bits per heavy atom. The number of hydrogen-bond donors (Lipinski definition) is 3. The summed E-state index contributed by atoms with van der Waals surface area (Å²) in [6.45, 7) is 0. The van der Waals surface area contributed by atoms with Crippen LogP contribution in [0.15, 0.2) is 30.3 Å². The molecule has 5 nitrogen and oxygen atoms in total. The van der Waals surface area contributed by atoms with E-state index in [1.165, 1.54) is 0 Å². The molecule has 4 N–H and O–H groups in total. The molecule has 0 aromatic heterocycles. The second-order valence-electron chi connectivity index (χ2n) is 3.45. The van der Waals surface area contributed by atoms with Gasteiger partial charge in [-0.1, -0.05) is 18.2 Å². The maximum absolute atomic E-state index is 11.9. The predicted octanol–water partition coefficient (Wildman–Crippen LogP) is 2.34. The molecule has 0 aliphatic heterocycles. The molecule has 0 radical (unpaired) electrons. The van der Waals surface area contributed by atoms with Crippen molar-refractivity contribution in [2.75, 3.05) is 5.43 Å². The minimum Gasteiger partial charge on any atom is -0.324 e. The summed E-state index contributed by atoms with van der Waals surface area (Å²) in [7, 11) is -6.41. The van der Waals surface area contributed by atoms with Crippen LogP contribution < -0.4 is 11.3 Å². The van der Waals surface area contributed by atoms with Crippen molar-refractivity contribution in [2.45, 2.75) is 17.6 Å². The van der Waals surface area contributed by atoms with Gasteiger partial charge in [-0.3, -0.25) is 10.4 Å². The number of nitrogen functional groups attached to an aromatic ring is 1. The summed E-state index contributed by atoms with van der Waals surface area (Å²) in [5.41, 5.74) is 3.46. The summed E-state index contributed by atoms with van der Waals surface area (Å²) in [5.74, 6) is 5.10. The summed E-state index contributed by atoms with van der Waals surface area (Å²) in [6.07, 6.45) is -11.0. The molecule has 1 atom stereocenters. The van der Waals surface area contributed by atoms with E-state index >= 15 is 0 Å². The van der Waals surface area contributed by atoms with Gasteiger partial charge in [-0.2, -0.15) is 30.4 Å². The van der Waals surface area contributed by atoms with Crippen molar-refractivity contribution in [3.05, 3.63) is 30.3 Å². The first kappa shape index (κ1) is 19.5. The second kappa shape index (κ2) is 6.95. The number of para-hydroxylation sites is 1. The molecule has 12 heteroatoms. The van der Waals surface area contributed by atoms with Crippen molar-refractivity contribution < 1.29 is 39.3 Å². The molecular weight excluding hydrogens is 330 g/mol. The molecular formula is C9H10F6N2O3S. The summed E-state index contributed by atoms with van der Waals surface area (Å²) < 4.78 is 96.1. The molecule has 21 heavy (non-hydrogen) atoms. The van der Waals surface area contributed by atoms with E-state index in [9.17, 15) is 34.8 Å². The van der Waals surface area contributed by atoms with E-state index < -0.39 is 27.7 Å². The zero-order valence-corrected chi connectivity index (χ0v) is 10.8. The zero-order valence-electron chi connectivity index (χ0n) is 9.98. The summed E-state index contributed by atoms with van der Waals surface area (Å²) >= 11 is 0. The van der Waals surface area contributed by atoms with Crippen LogP contribution in [-0.4, -0.2) is 30.6 Å². The highest BCUT2D eigenvalue weighted by Crippen LogP contribution is 2.37. The van der Waals surface area contributed by atoms with Crippen molar-refractivity contribution in [1.29, 1.82) is 0 Å². The highest BCUT2D eigenvalue weighted by Gasteiger charge is 2.64. The molecule has 0 saturated carbocycles. The van der Waals surface area contributed by atoms with E-state index in [0.29, 0.717) is 0 Å². The highest BCUT2D eigenvalue weighted by atomic mass is 32.2. The van der Waals surface area contributed by atoms with Crippen LogP contribution in [-0.2, 0) is 10.1 Å². The Kier molecular flexibility index (Phi) is 6.45. The van der Waals surface area contributed by atoms with Gasteiger partial charge in [0.15, 0.2) is 0 Å². The molecule has 0 fully saturated rings. The Morgan fingerprint density at radius 2 is 1.52 bits per heavy atom. The fourth-order valence-electron chi connectivity index (χ4n) is 0.856. The molecule has 0 amide bonds. The van der Waals surface area contributed by atoms with E-state index in [-0.39, 0.29) is 0 Å². The summed E-state index contributed by atoms with van der Waals surface area (Å²) in [4.78, 5) is 0. The molecule has 1 rings (SSSR count). The highest BCUT2D eigenvalue weighted by molar-refractivity contribution is 7.86. The Balaban J connectivity index is 0.000000423. The average Bonchev–Trinajstić information content (AvgIpc) is 2.37. The van der Waals surface area contributed by atoms with E-state index in [1.807, 2.05) is 30.3 Å². The molecule has 0 bridgehead atoms. The van der Waals surface area contributed by atoms with Crippen molar-refractivity contribution >= 4 is 15.8 Å². The number of halogens is 6. The SMILES string of the molecule is NNc1ccccc1.O=S(=O)(O)C(F)(F)C(F)C(F)(F)F. The van der Waals surface area contributed by atoms with E-state index in [0.717, 1.165) is 5.69 Å². The Hall–Kier alpha value is -1.53. The third-order valence-corrected chi connectivity index (χ3v) is 2.76. The van der Waals surface area contributed by atoms with Gasteiger partial charge >= 0.3 is 21.5 Å². The molecule has 1 aromatic carbocycles. The van der Waals surface area contributed by atoms with Gasteiger partial charge in [0.05, 0.1) is 0 Å². The molecule has 0 heterocycles. The van der Waals surface area contributed by atoms with Crippen LogP contribution in [0.3, 0.4) is 0 Å². The van der Waals surface area contributed by atoms with Crippen LogP contribution in [0.2, 0.25) is 0 Å². The smallest absolute Gasteiger partial charge is 0.324 e. The lowest BCUT2D eigenvalue weighted by atomic mass is 10.3. The fraction of sp³-hybridized carbons (Fsp3) is 0.333. The first-order valence-corrected chi connectivity index (χ1v) is 6.35. The van der Waals surface area contributed by atoms with Gasteiger partial charge in [0.1, 0.15) is 0 Å². The van der Waals surface area contributed by atoms with Crippen molar-refractivity contribution in [3.63, 3.8) is 0 Å². The number of hydrazine groups is 1. The Labute approximate surface area is 115 Å². The quantitative estimate of drug-likeness (QED) is 0.340. The van der Waals surface area contributed by atoms with Gasteiger partial charge in [-0.25, -0.2) is 4.39 Å². The Morgan fingerprint density at radius 1 is 1.10 bits per heavy atom. The summed E-state index contributed by atoms with van der Waals surface area (Å²) in [5, 5.41) is -5.88. The van der Waals surface area contributed by atoms with Crippen LogP contribution in [0.1, 0.15) is 0 Å². The fourth-order valence-corrected chi connectivity index (χ4v) is 1.25. The van der Waals surface area contributed by atoms with Gasteiger partial charge in [0.25, 0.3) is 6.17 Å². The molecule has 0 aliphatic carbocycles. The van der Waals surface area contributed by atoms with E-state index in [1.54, 1.807) is 0 Å². The third-order valence-electron chi connectivity index (χ3n) is 1.87. The lowest BCUT2D eigenvalue weighted by molar-refractivity contribution is -0.223. The van der Waals surface area contributed by atoms with Crippen molar-refractivity contribution in [3.8, 4) is 0 Å². The maximum atomic E-state index is 11.9. The maximum Gasteiger partial charge on any atom is 0.426 e. The van der Waals surface area contributed by atoms with E-state index in [4.69, 9.17) is 10.4 Å². The first-order valence-electron chi connectivity index (χ1n) is 4.91. The molecule has 0 spiro atoms. The largest absolute Gasteiger partial charge is 0.426 e. The Bertz CT molecular complexity index is 534. The standard InChI is InChI=1S/C6H8N2.C3H2F6O3S/c7-8-6-4-2-1-3-5-6;4-1(2(5,6)7)3(8,9)13(10,11)12/h1-5,8H,7H2;1H,(H,10,11,12). The molecule has 1 aromatic rings. The number of anilines is 1. The van der Waals surface area contributed by atoms with E-state index in [2.05, 4.69) is 5.43 Å². The zero-order chi connectivity index (χ0) is 16.9. The lowest BCUT2D eigenvalue weighted by Crippen LogP contribution is -2.46. The molecule has 122 valence electrons. The first-order chi connectivity index (χ1) is 9.34. The van der Waals surface area contributed by atoms with Crippen LogP contribution >= 0.6 is 0 Å². The van der Waals surface area contributed by atoms with Gasteiger partial charge < -0.3 is 5.43 Å². The third kappa shape index (κ3) is 5.77. The number of benzene rings is 1. The number of nitrogens with two attached hydrogens (primary N) is 1. The molecule has 0 saturated heterocycles. The van der Waals surface area contributed by atoms with Gasteiger partial charge in [0.2, 0.25) is 0 Å². The van der Waals surface area contributed by atoms with Crippen molar-refractivity contribution in [2.24, 2.45) is 5.84 Å². The van der Waals surface area contributed by atoms with Crippen LogP contribution in [0.4, 0.5) is 32.0 Å². The topological polar surface area (TPSA) is 92.4 Å². The normalized spacial score (nSPS) is 13.9. The molecule has 0 aliphatic rings. The average molecular weight is 340 g/mol. The van der Waals surface area contributed by atoms with Gasteiger partial charge in [-0.15, -0.1) is 0 Å². The predicted molar refractivity (Wildman–Crippen MR) is 61.7 cm³/mol. The number of nitrogens with one attached hydrogen (secondary N) is 1. The number of alkyl halides is 6. The number of rotatable bonds is 3. The second-order valence-corrected chi connectivity index (χ2v) is 4.95. The number of hydrogen-bond acceptors (Lipinski definition) is 4. The van der Waals surface area contributed by atoms with Gasteiger partial charge in [0, 0.05) is 5.69 Å². The van der Waals surface area contributed by atoms with Crippen LogP contribution in [0, 0.1) is 0 Å². The van der Waals surface area contributed by atoms with Crippen molar-refractivity contribution in [1.82, 2.24) is 0 Å². The van der Waals surface area contributed by atoms with Gasteiger partial charge in [-0.05, 0) is 12.1 Å². The minimum atomic E-state index is -6.41. The van der Waals surface area contributed by atoms with Crippen LogP contribution in [0.25, 0.3) is 0 Å². The van der Waals surface area contributed by atoms with Crippen LogP contribution in [0.5, 0.6) is 0 Å². The lowest BCUT2D eigenvalue weighted by Gasteiger charge is -2.19. The molecule has 1 unspecified atom stereocenters. The summed E-state index contributed by atoms with van der Waals surface area (Å²) in [6, 6.07) is 9.60. The monoisotopic (exact) mass is 340 g/mol.